The number of carbonyl (C=O) groups excluding carboxylic acids is 1. The summed E-state index contributed by atoms with van der Waals surface area (Å²) in [6.45, 7) is 1.94. The number of aliphatic hydroxyl groups is 1. The van der Waals surface area contributed by atoms with Crippen LogP contribution in [0.4, 0.5) is 0 Å². The van der Waals surface area contributed by atoms with Gasteiger partial charge in [-0.3, -0.25) is 10.1 Å². The van der Waals surface area contributed by atoms with E-state index in [9.17, 15) is 24.7 Å². The summed E-state index contributed by atoms with van der Waals surface area (Å²) in [7, 11) is 0. The third-order valence-electron chi connectivity index (χ3n) is 5.81. The van der Waals surface area contributed by atoms with E-state index in [2.05, 4.69) is 9.90 Å². The monoisotopic (exact) mass is 457 g/mol. The Morgan fingerprint density at radius 3 is 2.41 bits per heavy atom. The Bertz CT molecular complexity index is 930. The summed E-state index contributed by atoms with van der Waals surface area (Å²) in [5.74, 6) is -1.44. The Morgan fingerprint density at radius 2 is 1.81 bits per heavy atom. The molecule has 1 saturated heterocycles. The molecular formula is C23H27N3O5S. The molecule has 170 valence electrons. The molecule has 0 aliphatic carbocycles. The van der Waals surface area contributed by atoms with E-state index in [-0.39, 0.29) is 6.42 Å². The largest absolute Gasteiger partial charge is 0.480 e. The SMILES string of the molecule is C[C@H](NC(O)C(Cc1ccccc1)(SN=O)c1ccccc1)C(=O)N1CCC[C@H]1C(=O)O. The van der Waals surface area contributed by atoms with Crippen molar-refractivity contribution in [2.45, 2.75) is 49.2 Å². The second-order valence-electron chi connectivity index (χ2n) is 7.90. The van der Waals surface area contributed by atoms with E-state index in [0.717, 1.165) is 5.56 Å². The van der Waals surface area contributed by atoms with Crippen LogP contribution in [0.5, 0.6) is 0 Å². The lowest BCUT2D eigenvalue weighted by atomic mass is 9.89. The minimum absolute atomic E-state index is 0.283. The van der Waals surface area contributed by atoms with Crippen molar-refractivity contribution in [1.82, 2.24) is 10.2 Å². The summed E-state index contributed by atoms with van der Waals surface area (Å²) in [6.07, 6.45) is -0.0172. The predicted molar refractivity (Wildman–Crippen MR) is 123 cm³/mol. The van der Waals surface area contributed by atoms with Crippen molar-refractivity contribution < 1.29 is 19.8 Å². The highest BCUT2D eigenvalue weighted by Crippen LogP contribution is 2.43. The van der Waals surface area contributed by atoms with Crippen molar-refractivity contribution in [2.24, 2.45) is 4.58 Å². The Hall–Kier alpha value is -2.75. The molecule has 4 atom stereocenters. The molecule has 8 nitrogen and oxygen atoms in total. The van der Waals surface area contributed by atoms with Gasteiger partial charge in [0, 0.05) is 23.1 Å². The smallest absolute Gasteiger partial charge is 0.326 e. The number of rotatable bonds is 10. The molecule has 0 aromatic heterocycles. The molecule has 0 bridgehead atoms. The van der Waals surface area contributed by atoms with E-state index in [1.54, 1.807) is 19.1 Å². The normalized spacial score (nSPS) is 19.7. The number of nitroso groups, excluding NO2 is 1. The molecule has 2 aromatic carbocycles. The number of carboxylic acids is 1. The first-order valence-corrected chi connectivity index (χ1v) is 11.2. The molecule has 3 N–H and O–H groups in total. The Labute approximate surface area is 191 Å². The Morgan fingerprint density at radius 1 is 1.19 bits per heavy atom. The molecule has 32 heavy (non-hydrogen) atoms. The number of amides is 1. The summed E-state index contributed by atoms with van der Waals surface area (Å²) >= 11 is 0.709. The minimum atomic E-state index is -1.32. The second kappa shape index (κ2) is 10.7. The topological polar surface area (TPSA) is 119 Å². The number of aliphatic hydroxyl groups excluding tert-OH is 1. The van der Waals surface area contributed by atoms with E-state index in [1.165, 1.54) is 4.90 Å². The lowest BCUT2D eigenvalue weighted by molar-refractivity contribution is -0.149. The number of benzene rings is 2. The molecule has 2 aromatic rings. The van der Waals surface area contributed by atoms with Gasteiger partial charge in [0.15, 0.2) is 0 Å². The van der Waals surface area contributed by atoms with E-state index in [0.29, 0.717) is 36.9 Å². The third kappa shape index (κ3) is 5.17. The van der Waals surface area contributed by atoms with Crippen molar-refractivity contribution in [2.75, 3.05) is 6.54 Å². The average molecular weight is 458 g/mol. The van der Waals surface area contributed by atoms with E-state index >= 15 is 0 Å². The van der Waals surface area contributed by atoms with Crippen LogP contribution in [0.25, 0.3) is 0 Å². The van der Waals surface area contributed by atoms with E-state index in [4.69, 9.17) is 0 Å². The van der Waals surface area contributed by atoms with Crippen molar-refractivity contribution in [3.05, 3.63) is 76.7 Å². The summed E-state index contributed by atoms with van der Waals surface area (Å²) < 4.78 is 1.86. The molecule has 1 fully saturated rings. The van der Waals surface area contributed by atoms with Crippen LogP contribution < -0.4 is 5.32 Å². The van der Waals surface area contributed by atoms with Crippen LogP contribution in [0.2, 0.25) is 0 Å². The number of nitrogens with one attached hydrogen (secondary N) is 1. The van der Waals surface area contributed by atoms with Gasteiger partial charge in [-0.15, -0.1) is 4.91 Å². The van der Waals surface area contributed by atoms with Crippen LogP contribution in [-0.2, 0) is 20.8 Å². The highest BCUT2D eigenvalue weighted by molar-refractivity contribution is 7.98. The number of hydrogen-bond donors (Lipinski definition) is 3. The standard InChI is InChI=1S/C23H27N3O5S/c1-16(20(27)26-14-8-13-19(26)21(28)29)24-22(30)23(32-25-31,18-11-6-3-7-12-18)15-17-9-4-2-5-10-17/h2-7,9-12,16,19,22,24,30H,8,13-15H2,1H3,(H,28,29)/t16-,19-,22?,23?/m0/s1. The van der Waals surface area contributed by atoms with Gasteiger partial charge < -0.3 is 15.1 Å². The molecule has 1 amide bonds. The lowest BCUT2D eigenvalue weighted by Gasteiger charge is -2.37. The quantitative estimate of drug-likeness (QED) is 0.285. The Balaban J connectivity index is 1.89. The predicted octanol–water partition coefficient (Wildman–Crippen LogP) is 2.91. The maximum atomic E-state index is 13.0. The Kier molecular flexibility index (Phi) is 8.00. The van der Waals surface area contributed by atoms with Gasteiger partial charge in [-0.2, -0.15) is 0 Å². The van der Waals surface area contributed by atoms with Crippen molar-refractivity contribution in [3.63, 3.8) is 0 Å². The highest BCUT2D eigenvalue weighted by atomic mass is 32.2. The number of nitrogens with zero attached hydrogens (tertiary/aromatic N) is 2. The number of likely N-dealkylation sites (tertiary alicyclic amines) is 1. The van der Waals surface area contributed by atoms with E-state index < -0.39 is 34.9 Å². The van der Waals surface area contributed by atoms with Crippen LogP contribution in [0.15, 0.2) is 65.2 Å². The van der Waals surface area contributed by atoms with Crippen molar-refractivity contribution in [3.8, 4) is 0 Å². The van der Waals surface area contributed by atoms with Crippen LogP contribution in [0.1, 0.15) is 30.9 Å². The van der Waals surface area contributed by atoms with Gasteiger partial charge in [-0.05, 0) is 37.3 Å². The number of hydrogen-bond acceptors (Lipinski definition) is 7. The fraction of sp³-hybridized carbons (Fsp3) is 0.391. The summed E-state index contributed by atoms with van der Waals surface area (Å²) in [5.41, 5.74) is 1.57. The average Bonchev–Trinajstić information content (AvgIpc) is 3.29. The van der Waals surface area contributed by atoms with E-state index in [1.807, 2.05) is 48.5 Å². The van der Waals surface area contributed by atoms with Gasteiger partial charge in [-0.1, -0.05) is 60.7 Å². The van der Waals surface area contributed by atoms with Gasteiger partial charge in [0.25, 0.3) is 0 Å². The fourth-order valence-electron chi connectivity index (χ4n) is 4.16. The highest BCUT2D eigenvalue weighted by Gasteiger charge is 2.44. The maximum absolute atomic E-state index is 13.0. The molecule has 9 heteroatoms. The first-order valence-electron chi connectivity index (χ1n) is 10.5. The van der Waals surface area contributed by atoms with Gasteiger partial charge in [-0.25, -0.2) is 4.79 Å². The molecule has 1 aliphatic heterocycles. The summed E-state index contributed by atoms with van der Waals surface area (Å²) in [6, 6.07) is 16.7. The zero-order valence-corrected chi connectivity index (χ0v) is 18.6. The third-order valence-corrected chi connectivity index (χ3v) is 6.82. The van der Waals surface area contributed by atoms with Gasteiger partial charge in [0.05, 0.1) is 6.04 Å². The molecule has 0 radical (unpaired) electrons. The minimum Gasteiger partial charge on any atom is -0.480 e. The number of aliphatic carboxylic acids is 1. The van der Waals surface area contributed by atoms with Crippen LogP contribution in [0.3, 0.4) is 0 Å². The second-order valence-corrected chi connectivity index (χ2v) is 8.96. The molecule has 3 rings (SSSR count). The zero-order chi connectivity index (χ0) is 23.1. The molecular weight excluding hydrogens is 430 g/mol. The van der Waals surface area contributed by atoms with Gasteiger partial charge >= 0.3 is 5.97 Å². The molecule has 2 unspecified atom stereocenters. The van der Waals surface area contributed by atoms with Gasteiger partial charge in [0.1, 0.15) is 17.0 Å². The number of carbonyl (C=O) groups is 2. The first kappa shape index (κ1) is 23.9. The zero-order valence-electron chi connectivity index (χ0n) is 17.8. The molecule has 0 saturated carbocycles. The molecule has 1 heterocycles. The molecule has 1 aliphatic rings. The van der Waals surface area contributed by atoms with Crippen LogP contribution >= 0.6 is 11.9 Å². The van der Waals surface area contributed by atoms with Crippen molar-refractivity contribution in [1.29, 1.82) is 0 Å². The summed E-state index contributed by atoms with van der Waals surface area (Å²) in [4.78, 5) is 37.3. The van der Waals surface area contributed by atoms with Crippen LogP contribution in [-0.4, -0.2) is 51.8 Å². The lowest BCUT2D eigenvalue weighted by Crippen LogP contribution is -2.56. The first-order chi connectivity index (χ1) is 15.4. The maximum Gasteiger partial charge on any atom is 0.326 e. The number of carboxylic acid groups (broad SMARTS) is 1. The summed E-state index contributed by atoms with van der Waals surface area (Å²) in [5, 5.41) is 23.6. The fourth-order valence-corrected chi connectivity index (χ4v) is 4.93. The molecule has 0 spiro atoms. The van der Waals surface area contributed by atoms with Gasteiger partial charge in [0.2, 0.25) is 5.91 Å². The van der Waals surface area contributed by atoms with Crippen LogP contribution in [0, 0.1) is 4.91 Å². The van der Waals surface area contributed by atoms with Crippen molar-refractivity contribution >= 4 is 23.8 Å².